The molecule has 3 rings (SSSR count). The summed E-state index contributed by atoms with van der Waals surface area (Å²) in [7, 11) is 0. The molecule has 0 unspecified atom stereocenters. The molecular formula is C17H21FN2O3. The Kier molecular flexibility index (Phi) is 4.24. The molecule has 2 N–H and O–H groups in total. The molecule has 1 aliphatic heterocycles. The van der Waals surface area contributed by atoms with Crippen molar-refractivity contribution in [3.8, 4) is 0 Å². The van der Waals surface area contributed by atoms with E-state index in [1.165, 1.54) is 12.1 Å². The summed E-state index contributed by atoms with van der Waals surface area (Å²) in [5, 5.41) is 12.3. The average molecular weight is 320 g/mol. The van der Waals surface area contributed by atoms with E-state index in [0.717, 1.165) is 18.4 Å². The van der Waals surface area contributed by atoms with Crippen LogP contribution < -0.4 is 5.32 Å². The second-order valence-electron chi connectivity index (χ2n) is 6.54. The maximum Gasteiger partial charge on any atom is 0.317 e. The lowest BCUT2D eigenvalue weighted by Crippen LogP contribution is -2.42. The van der Waals surface area contributed by atoms with Crippen LogP contribution in [-0.2, 0) is 11.2 Å². The van der Waals surface area contributed by atoms with Crippen molar-refractivity contribution in [2.75, 3.05) is 19.6 Å². The van der Waals surface area contributed by atoms with Crippen LogP contribution in [0, 0.1) is 17.2 Å². The van der Waals surface area contributed by atoms with Gasteiger partial charge in [0, 0.05) is 19.6 Å². The molecule has 23 heavy (non-hydrogen) atoms. The van der Waals surface area contributed by atoms with Crippen LogP contribution in [0.5, 0.6) is 0 Å². The normalized spacial score (nSPS) is 26.1. The van der Waals surface area contributed by atoms with Crippen LogP contribution >= 0.6 is 0 Å². The summed E-state index contributed by atoms with van der Waals surface area (Å²) in [6.45, 7) is 1.21. The minimum absolute atomic E-state index is 0.0639. The predicted octanol–water partition coefficient (Wildman–Crippen LogP) is 2.26. The van der Waals surface area contributed by atoms with Crippen molar-refractivity contribution in [1.82, 2.24) is 10.2 Å². The summed E-state index contributed by atoms with van der Waals surface area (Å²) in [4.78, 5) is 25.5. The van der Waals surface area contributed by atoms with Gasteiger partial charge in [-0.05, 0) is 42.9 Å². The molecule has 2 fully saturated rings. The van der Waals surface area contributed by atoms with Gasteiger partial charge in [-0.1, -0.05) is 18.6 Å². The summed E-state index contributed by atoms with van der Waals surface area (Å²) in [5.74, 6) is -1.01. The third-order valence-corrected chi connectivity index (χ3v) is 5.16. The van der Waals surface area contributed by atoms with Gasteiger partial charge in [-0.25, -0.2) is 9.18 Å². The molecule has 6 heteroatoms. The third kappa shape index (κ3) is 3.02. The molecule has 1 saturated carbocycles. The van der Waals surface area contributed by atoms with E-state index in [1.54, 1.807) is 11.0 Å². The number of carbonyl (C=O) groups excluding carboxylic acids is 1. The number of urea groups is 1. The van der Waals surface area contributed by atoms with Crippen LogP contribution in [0.15, 0.2) is 24.3 Å². The fourth-order valence-electron chi connectivity index (χ4n) is 3.91. The monoisotopic (exact) mass is 320 g/mol. The Bertz CT molecular complexity index is 622. The van der Waals surface area contributed by atoms with Gasteiger partial charge in [-0.15, -0.1) is 0 Å². The number of halogens is 1. The fourth-order valence-corrected chi connectivity index (χ4v) is 3.91. The molecule has 2 atom stereocenters. The van der Waals surface area contributed by atoms with E-state index in [9.17, 15) is 19.1 Å². The lowest BCUT2D eigenvalue weighted by atomic mass is 9.81. The molecule has 1 aromatic carbocycles. The summed E-state index contributed by atoms with van der Waals surface area (Å²) < 4.78 is 13.1. The SMILES string of the molecule is O=C(NCCc1cccc(F)c1)N1C[C@@H]2CCC[C@@]2(C(=O)O)C1. The van der Waals surface area contributed by atoms with Crippen molar-refractivity contribution in [2.45, 2.75) is 25.7 Å². The number of carbonyl (C=O) groups is 2. The van der Waals surface area contributed by atoms with Gasteiger partial charge in [0.15, 0.2) is 0 Å². The number of amides is 2. The van der Waals surface area contributed by atoms with Crippen molar-refractivity contribution in [3.05, 3.63) is 35.6 Å². The van der Waals surface area contributed by atoms with Gasteiger partial charge in [0.25, 0.3) is 0 Å². The van der Waals surface area contributed by atoms with Crippen LogP contribution in [0.25, 0.3) is 0 Å². The topological polar surface area (TPSA) is 69.6 Å². The van der Waals surface area contributed by atoms with E-state index in [-0.39, 0.29) is 17.8 Å². The standard InChI is InChI=1S/C17H21FN2O3/c18-14-5-1-3-12(9-14)6-8-19-16(23)20-10-13-4-2-7-17(13,11-20)15(21)22/h1,3,5,9,13H,2,4,6-8,10-11H2,(H,19,23)(H,21,22)/t13-,17+/m0/s1. The minimum atomic E-state index is -0.782. The lowest BCUT2D eigenvalue weighted by Gasteiger charge is -2.23. The first-order chi connectivity index (χ1) is 11.0. The van der Waals surface area contributed by atoms with Gasteiger partial charge in [0.2, 0.25) is 0 Å². The highest BCUT2D eigenvalue weighted by Crippen LogP contribution is 2.48. The smallest absolute Gasteiger partial charge is 0.317 e. The Balaban J connectivity index is 1.53. The highest BCUT2D eigenvalue weighted by atomic mass is 19.1. The van der Waals surface area contributed by atoms with E-state index < -0.39 is 11.4 Å². The highest BCUT2D eigenvalue weighted by molar-refractivity contribution is 5.80. The molecule has 0 spiro atoms. The Morgan fingerprint density at radius 3 is 2.96 bits per heavy atom. The molecular weight excluding hydrogens is 299 g/mol. The van der Waals surface area contributed by atoms with Crippen molar-refractivity contribution in [2.24, 2.45) is 11.3 Å². The zero-order valence-corrected chi connectivity index (χ0v) is 12.9. The highest BCUT2D eigenvalue weighted by Gasteiger charge is 2.55. The first kappa shape index (κ1) is 15.8. The number of rotatable bonds is 4. The van der Waals surface area contributed by atoms with E-state index in [4.69, 9.17) is 0 Å². The molecule has 1 aliphatic carbocycles. The van der Waals surface area contributed by atoms with E-state index in [1.807, 2.05) is 6.07 Å². The number of benzene rings is 1. The number of fused-ring (bicyclic) bond motifs is 1. The Labute approximate surface area is 134 Å². The van der Waals surface area contributed by atoms with Crippen molar-refractivity contribution >= 4 is 12.0 Å². The molecule has 5 nitrogen and oxygen atoms in total. The number of nitrogens with zero attached hydrogens (tertiary/aromatic N) is 1. The van der Waals surface area contributed by atoms with Gasteiger partial charge < -0.3 is 15.3 Å². The van der Waals surface area contributed by atoms with E-state index >= 15 is 0 Å². The van der Waals surface area contributed by atoms with Crippen LogP contribution in [-0.4, -0.2) is 41.6 Å². The molecule has 1 aromatic rings. The number of aliphatic carboxylic acids is 1. The number of nitrogens with one attached hydrogen (secondary N) is 1. The van der Waals surface area contributed by atoms with Crippen LogP contribution in [0.3, 0.4) is 0 Å². The van der Waals surface area contributed by atoms with Gasteiger partial charge in [-0.3, -0.25) is 4.79 Å². The zero-order chi connectivity index (χ0) is 16.4. The third-order valence-electron chi connectivity index (χ3n) is 5.16. The number of hydrogen-bond acceptors (Lipinski definition) is 2. The van der Waals surface area contributed by atoms with Gasteiger partial charge >= 0.3 is 12.0 Å². The Hall–Kier alpha value is -2.11. The van der Waals surface area contributed by atoms with Crippen molar-refractivity contribution in [1.29, 1.82) is 0 Å². The number of hydrogen-bond donors (Lipinski definition) is 2. The van der Waals surface area contributed by atoms with E-state index in [0.29, 0.717) is 32.5 Å². The largest absolute Gasteiger partial charge is 0.481 e. The average Bonchev–Trinajstić information content (AvgIpc) is 3.05. The number of carboxylic acid groups (broad SMARTS) is 1. The minimum Gasteiger partial charge on any atom is -0.481 e. The fraction of sp³-hybridized carbons (Fsp3) is 0.529. The maximum absolute atomic E-state index is 13.1. The quantitative estimate of drug-likeness (QED) is 0.894. The molecule has 0 bridgehead atoms. The first-order valence-electron chi connectivity index (χ1n) is 8.02. The van der Waals surface area contributed by atoms with Crippen molar-refractivity contribution < 1.29 is 19.1 Å². The maximum atomic E-state index is 13.1. The summed E-state index contributed by atoms with van der Waals surface area (Å²) in [6.07, 6.45) is 3.00. The van der Waals surface area contributed by atoms with Crippen LogP contribution in [0.1, 0.15) is 24.8 Å². The van der Waals surface area contributed by atoms with Gasteiger partial charge in [0.1, 0.15) is 5.82 Å². The zero-order valence-electron chi connectivity index (χ0n) is 12.9. The van der Waals surface area contributed by atoms with Gasteiger partial charge in [-0.2, -0.15) is 0 Å². The predicted molar refractivity (Wildman–Crippen MR) is 82.5 cm³/mol. The molecule has 124 valence electrons. The van der Waals surface area contributed by atoms with Crippen LogP contribution in [0.4, 0.5) is 9.18 Å². The molecule has 1 saturated heterocycles. The summed E-state index contributed by atoms with van der Waals surface area (Å²) in [5.41, 5.74) is 0.0745. The Morgan fingerprint density at radius 1 is 1.43 bits per heavy atom. The molecule has 2 aliphatic rings. The second-order valence-corrected chi connectivity index (χ2v) is 6.54. The molecule has 0 radical (unpaired) electrons. The first-order valence-corrected chi connectivity index (χ1v) is 8.02. The van der Waals surface area contributed by atoms with Crippen LogP contribution in [0.2, 0.25) is 0 Å². The second kappa shape index (κ2) is 6.18. The Morgan fingerprint density at radius 2 is 2.26 bits per heavy atom. The summed E-state index contributed by atoms with van der Waals surface area (Å²) >= 11 is 0. The molecule has 0 aromatic heterocycles. The van der Waals surface area contributed by atoms with Crippen molar-refractivity contribution in [3.63, 3.8) is 0 Å². The lowest BCUT2D eigenvalue weighted by molar-refractivity contribution is -0.149. The van der Waals surface area contributed by atoms with Gasteiger partial charge in [0.05, 0.1) is 5.41 Å². The van der Waals surface area contributed by atoms with E-state index in [2.05, 4.69) is 5.32 Å². The number of likely N-dealkylation sites (tertiary alicyclic amines) is 1. The molecule has 2 amide bonds. The summed E-state index contributed by atoms with van der Waals surface area (Å²) in [6, 6.07) is 6.07. The molecule has 1 heterocycles. The number of carboxylic acids is 1.